The van der Waals surface area contributed by atoms with E-state index in [2.05, 4.69) is 0 Å². The lowest BCUT2D eigenvalue weighted by Crippen LogP contribution is -2.22. The van der Waals surface area contributed by atoms with Crippen molar-refractivity contribution in [3.63, 3.8) is 0 Å². The molecule has 0 unspecified atom stereocenters. The zero-order valence-electron chi connectivity index (χ0n) is 11.5. The maximum Gasteiger partial charge on any atom is 0.284 e. The van der Waals surface area contributed by atoms with Crippen molar-refractivity contribution in [1.29, 1.82) is 5.26 Å². The molecule has 1 aromatic carbocycles. The standard InChI is InChI=1S/C14H12N2O3S2/c1-14(2)7-10(17)6-13(21-14)20-12-4-3-9(8-15)5-11(12)16(18)19/h3-6H,7H2,1-2H3. The summed E-state index contributed by atoms with van der Waals surface area (Å²) in [7, 11) is 0. The normalized spacial score (nSPS) is 17.0. The summed E-state index contributed by atoms with van der Waals surface area (Å²) in [4.78, 5) is 22.8. The molecule has 1 heterocycles. The maximum atomic E-state index is 11.7. The minimum absolute atomic E-state index is 0.0255. The first-order valence-electron chi connectivity index (χ1n) is 6.11. The molecule has 0 amide bonds. The van der Waals surface area contributed by atoms with Crippen molar-refractivity contribution in [3.05, 3.63) is 44.2 Å². The van der Waals surface area contributed by atoms with Gasteiger partial charge in [0.2, 0.25) is 0 Å². The Hall–Kier alpha value is -1.78. The molecule has 5 nitrogen and oxygen atoms in total. The van der Waals surface area contributed by atoms with Gasteiger partial charge in [-0.1, -0.05) is 11.8 Å². The summed E-state index contributed by atoms with van der Waals surface area (Å²) in [6.45, 7) is 3.94. The lowest BCUT2D eigenvalue weighted by atomic mass is 10.1. The van der Waals surface area contributed by atoms with Crippen LogP contribution in [-0.2, 0) is 4.79 Å². The highest BCUT2D eigenvalue weighted by Gasteiger charge is 2.29. The predicted molar refractivity (Wildman–Crippen MR) is 83.0 cm³/mol. The third kappa shape index (κ3) is 3.86. The van der Waals surface area contributed by atoms with E-state index in [0.29, 0.717) is 11.3 Å². The molecule has 0 aromatic heterocycles. The van der Waals surface area contributed by atoms with Gasteiger partial charge in [0.1, 0.15) is 0 Å². The van der Waals surface area contributed by atoms with Crippen LogP contribution < -0.4 is 0 Å². The number of carbonyl (C=O) groups excluding carboxylic acids is 1. The smallest absolute Gasteiger partial charge is 0.284 e. The number of hydrogen-bond acceptors (Lipinski definition) is 6. The van der Waals surface area contributed by atoms with E-state index >= 15 is 0 Å². The molecule has 108 valence electrons. The summed E-state index contributed by atoms with van der Waals surface area (Å²) >= 11 is 2.73. The van der Waals surface area contributed by atoms with Crippen LogP contribution in [0.2, 0.25) is 0 Å². The second-order valence-electron chi connectivity index (χ2n) is 5.12. The van der Waals surface area contributed by atoms with E-state index in [4.69, 9.17) is 5.26 Å². The number of nitrogens with zero attached hydrogens (tertiary/aromatic N) is 2. The fourth-order valence-electron chi connectivity index (χ4n) is 1.91. The Morgan fingerprint density at radius 1 is 1.48 bits per heavy atom. The zero-order chi connectivity index (χ0) is 15.6. The third-order valence-corrected chi connectivity index (χ3v) is 5.15. The van der Waals surface area contributed by atoms with Crippen molar-refractivity contribution in [1.82, 2.24) is 0 Å². The molecule has 2 rings (SSSR count). The number of carbonyl (C=O) groups is 1. The maximum absolute atomic E-state index is 11.7. The van der Waals surface area contributed by atoms with Crippen LogP contribution in [0.3, 0.4) is 0 Å². The highest BCUT2D eigenvalue weighted by atomic mass is 32.2. The predicted octanol–water partition coefficient (Wildman–Crippen LogP) is 3.88. The number of rotatable bonds is 3. The Balaban J connectivity index is 2.34. The van der Waals surface area contributed by atoms with Gasteiger partial charge >= 0.3 is 0 Å². The Morgan fingerprint density at radius 3 is 2.76 bits per heavy atom. The molecule has 1 aliphatic rings. The molecule has 0 saturated heterocycles. The SMILES string of the molecule is CC1(C)CC(=O)C=C(Sc2ccc(C#N)cc2[N+](=O)[O-])S1. The number of hydrogen-bond donors (Lipinski definition) is 0. The molecule has 0 spiro atoms. The summed E-state index contributed by atoms with van der Waals surface area (Å²) in [5, 5.41) is 19.9. The van der Waals surface area contributed by atoms with Crippen LogP contribution in [0.5, 0.6) is 0 Å². The lowest BCUT2D eigenvalue weighted by Gasteiger charge is -2.27. The van der Waals surface area contributed by atoms with Crippen LogP contribution in [0.1, 0.15) is 25.8 Å². The van der Waals surface area contributed by atoms with Gasteiger partial charge in [-0.3, -0.25) is 14.9 Å². The van der Waals surface area contributed by atoms with Crippen molar-refractivity contribution in [3.8, 4) is 6.07 Å². The lowest BCUT2D eigenvalue weighted by molar-refractivity contribution is -0.387. The van der Waals surface area contributed by atoms with Gasteiger partial charge in [0.05, 0.1) is 21.5 Å². The molecule has 0 N–H and O–H groups in total. The van der Waals surface area contributed by atoms with Crippen LogP contribution in [-0.4, -0.2) is 15.5 Å². The Kier molecular flexibility index (Phi) is 4.40. The molecule has 1 aliphatic heterocycles. The average molecular weight is 320 g/mol. The van der Waals surface area contributed by atoms with Crippen molar-refractivity contribution >= 4 is 35.0 Å². The molecule has 0 bridgehead atoms. The van der Waals surface area contributed by atoms with Gasteiger partial charge in [0.25, 0.3) is 5.69 Å². The summed E-state index contributed by atoms with van der Waals surface area (Å²) in [6.07, 6.45) is 1.99. The van der Waals surface area contributed by atoms with Gasteiger partial charge in [-0.2, -0.15) is 5.26 Å². The molecular weight excluding hydrogens is 308 g/mol. The van der Waals surface area contributed by atoms with Gasteiger partial charge in [-0.25, -0.2) is 0 Å². The number of allylic oxidation sites excluding steroid dienone is 1. The number of benzene rings is 1. The molecule has 0 radical (unpaired) electrons. The first-order valence-corrected chi connectivity index (χ1v) is 7.74. The number of thioether (sulfide) groups is 2. The Labute approximate surface area is 130 Å². The minimum atomic E-state index is -0.510. The molecule has 0 saturated carbocycles. The molecular formula is C14H12N2O3S2. The minimum Gasteiger partial charge on any atom is -0.295 e. The number of ketones is 1. The van der Waals surface area contributed by atoms with E-state index in [1.807, 2.05) is 19.9 Å². The molecule has 0 atom stereocenters. The van der Waals surface area contributed by atoms with E-state index in [1.165, 1.54) is 41.7 Å². The average Bonchev–Trinajstić information content (AvgIpc) is 2.36. The van der Waals surface area contributed by atoms with Crippen LogP contribution in [0, 0.1) is 21.4 Å². The number of nitro benzene ring substituents is 1. The summed E-state index contributed by atoms with van der Waals surface area (Å²) in [6, 6.07) is 6.23. The molecule has 0 aliphatic carbocycles. The highest BCUT2D eigenvalue weighted by Crippen LogP contribution is 2.47. The number of nitro groups is 1. The van der Waals surface area contributed by atoms with Crippen LogP contribution in [0.15, 0.2) is 33.4 Å². The van der Waals surface area contributed by atoms with Gasteiger partial charge in [0, 0.05) is 27.5 Å². The largest absolute Gasteiger partial charge is 0.295 e. The highest BCUT2D eigenvalue weighted by molar-refractivity contribution is 8.23. The monoisotopic (exact) mass is 320 g/mol. The molecule has 0 fully saturated rings. The van der Waals surface area contributed by atoms with Crippen molar-refractivity contribution in [2.45, 2.75) is 29.9 Å². The van der Waals surface area contributed by atoms with E-state index in [0.717, 1.165) is 4.24 Å². The van der Waals surface area contributed by atoms with E-state index < -0.39 is 4.92 Å². The van der Waals surface area contributed by atoms with Crippen LogP contribution in [0.4, 0.5) is 5.69 Å². The summed E-state index contributed by atoms with van der Waals surface area (Å²) < 4.78 is 0.527. The van der Waals surface area contributed by atoms with E-state index in [-0.39, 0.29) is 21.8 Å². The summed E-state index contributed by atoms with van der Waals surface area (Å²) in [5.74, 6) is 0.0255. The van der Waals surface area contributed by atoms with Gasteiger partial charge in [0.15, 0.2) is 5.78 Å². The molecule has 21 heavy (non-hydrogen) atoms. The number of nitriles is 1. The topological polar surface area (TPSA) is 84.0 Å². The Bertz CT molecular complexity index is 690. The second-order valence-corrected chi connectivity index (χ2v) is 8.21. The summed E-state index contributed by atoms with van der Waals surface area (Å²) in [5.41, 5.74) is 0.129. The third-order valence-electron chi connectivity index (χ3n) is 2.75. The van der Waals surface area contributed by atoms with Crippen molar-refractivity contribution in [2.75, 3.05) is 0 Å². The van der Waals surface area contributed by atoms with Crippen molar-refractivity contribution in [2.24, 2.45) is 0 Å². The first-order chi connectivity index (χ1) is 9.80. The second kappa shape index (κ2) is 5.92. The molecule has 7 heteroatoms. The quantitative estimate of drug-likeness (QED) is 0.620. The van der Waals surface area contributed by atoms with Gasteiger partial charge < -0.3 is 0 Å². The van der Waals surface area contributed by atoms with E-state index in [1.54, 1.807) is 6.07 Å². The van der Waals surface area contributed by atoms with E-state index in [9.17, 15) is 14.9 Å². The van der Waals surface area contributed by atoms with Crippen LogP contribution in [0.25, 0.3) is 0 Å². The Morgan fingerprint density at radius 2 is 2.19 bits per heavy atom. The first kappa shape index (κ1) is 15.6. The van der Waals surface area contributed by atoms with Crippen LogP contribution >= 0.6 is 23.5 Å². The fraction of sp³-hybridized carbons (Fsp3) is 0.286. The van der Waals surface area contributed by atoms with Gasteiger partial charge in [-0.15, -0.1) is 11.8 Å². The van der Waals surface area contributed by atoms with Gasteiger partial charge in [-0.05, 0) is 26.0 Å². The fourth-order valence-corrected chi connectivity index (χ4v) is 4.76. The zero-order valence-corrected chi connectivity index (χ0v) is 13.1. The molecule has 1 aromatic rings. The van der Waals surface area contributed by atoms with Crippen molar-refractivity contribution < 1.29 is 9.72 Å².